The summed E-state index contributed by atoms with van der Waals surface area (Å²) in [6.07, 6.45) is 7.93. The molecule has 0 atom stereocenters. The molecule has 0 spiro atoms. The normalized spacial score (nSPS) is 16.7. The number of aromatic nitrogens is 3. The van der Waals surface area contributed by atoms with Crippen molar-refractivity contribution in [3.63, 3.8) is 0 Å². The van der Waals surface area contributed by atoms with Crippen LogP contribution in [0.5, 0.6) is 0 Å². The topological polar surface area (TPSA) is 56.5 Å². The molecule has 2 heterocycles. The number of carbonyl (C=O) groups is 1. The van der Waals surface area contributed by atoms with Crippen LogP contribution in [0.15, 0.2) is 18.3 Å². The molecule has 0 bridgehead atoms. The first-order valence-electron chi connectivity index (χ1n) is 6.72. The number of nitrogens with zero attached hydrogens (tertiary/aromatic N) is 3. The molecule has 1 aliphatic rings. The van der Waals surface area contributed by atoms with Gasteiger partial charge >= 0.3 is 5.97 Å². The van der Waals surface area contributed by atoms with Crippen molar-refractivity contribution in [2.24, 2.45) is 0 Å². The lowest BCUT2D eigenvalue weighted by Gasteiger charge is -2.17. The third-order valence-electron chi connectivity index (χ3n) is 3.75. The number of methoxy groups -OCH3 is 1. The largest absolute Gasteiger partial charge is 0.465 e. The standard InChI is InChI=1S/C14H17N3O2/c1-19-14(18)11-7-8-17-12(9-11)15-13(16-17)10-5-3-2-4-6-10/h7-10H,2-6H2,1H3. The number of hydrogen-bond acceptors (Lipinski definition) is 4. The first-order valence-corrected chi connectivity index (χ1v) is 6.72. The SMILES string of the molecule is COC(=O)c1ccn2nc(C3CCCCC3)nc2c1. The van der Waals surface area contributed by atoms with Crippen LogP contribution in [0.4, 0.5) is 0 Å². The van der Waals surface area contributed by atoms with Crippen molar-refractivity contribution in [2.75, 3.05) is 7.11 Å². The van der Waals surface area contributed by atoms with Gasteiger partial charge in [-0.15, -0.1) is 0 Å². The van der Waals surface area contributed by atoms with E-state index in [-0.39, 0.29) is 5.97 Å². The summed E-state index contributed by atoms with van der Waals surface area (Å²) in [5, 5.41) is 4.52. The average molecular weight is 259 g/mol. The van der Waals surface area contributed by atoms with E-state index in [0.29, 0.717) is 17.1 Å². The second kappa shape index (κ2) is 4.99. The fraction of sp³-hybridized carbons (Fsp3) is 0.500. The Kier molecular flexibility index (Phi) is 3.19. The first-order chi connectivity index (χ1) is 9.28. The van der Waals surface area contributed by atoms with Crippen LogP contribution in [0, 0.1) is 0 Å². The number of rotatable bonds is 2. The van der Waals surface area contributed by atoms with Gasteiger partial charge < -0.3 is 4.74 Å². The van der Waals surface area contributed by atoms with Gasteiger partial charge in [0.1, 0.15) is 0 Å². The van der Waals surface area contributed by atoms with Gasteiger partial charge in [0.15, 0.2) is 11.5 Å². The Balaban J connectivity index is 1.93. The van der Waals surface area contributed by atoms with E-state index in [0.717, 1.165) is 5.82 Å². The predicted molar refractivity (Wildman–Crippen MR) is 70.2 cm³/mol. The van der Waals surface area contributed by atoms with Crippen molar-refractivity contribution < 1.29 is 9.53 Å². The first kappa shape index (κ1) is 12.1. The zero-order chi connectivity index (χ0) is 13.2. The van der Waals surface area contributed by atoms with Crippen LogP contribution >= 0.6 is 0 Å². The van der Waals surface area contributed by atoms with Crippen molar-refractivity contribution in [3.8, 4) is 0 Å². The monoisotopic (exact) mass is 259 g/mol. The maximum absolute atomic E-state index is 11.5. The zero-order valence-electron chi connectivity index (χ0n) is 11.0. The van der Waals surface area contributed by atoms with Crippen LogP contribution in [-0.4, -0.2) is 27.7 Å². The molecule has 5 nitrogen and oxygen atoms in total. The minimum atomic E-state index is -0.343. The summed E-state index contributed by atoms with van der Waals surface area (Å²) in [6, 6.07) is 3.43. The molecule has 100 valence electrons. The van der Waals surface area contributed by atoms with Crippen molar-refractivity contribution in [1.82, 2.24) is 14.6 Å². The summed E-state index contributed by atoms with van der Waals surface area (Å²) in [5.74, 6) is 1.03. The lowest BCUT2D eigenvalue weighted by Crippen LogP contribution is -2.06. The molecule has 0 aliphatic heterocycles. The molecule has 1 saturated carbocycles. The molecule has 2 aromatic rings. The van der Waals surface area contributed by atoms with E-state index in [4.69, 9.17) is 4.74 Å². The fourth-order valence-electron chi connectivity index (χ4n) is 2.68. The van der Waals surface area contributed by atoms with E-state index >= 15 is 0 Å². The summed E-state index contributed by atoms with van der Waals surface area (Å²) >= 11 is 0. The predicted octanol–water partition coefficient (Wildman–Crippen LogP) is 2.56. The number of fused-ring (bicyclic) bond motifs is 1. The molecule has 1 fully saturated rings. The van der Waals surface area contributed by atoms with E-state index in [2.05, 4.69) is 10.1 Å². The molecule has 5 heteroatoms. The van der Waals surface area contributed by atoms with Gasteiger partial charge in [-0.1, -0.05) is 19.3 Å². The zero-order valence-corrected chi connectivity index (χ0v) is 11.0. The lowest BCUT2D eigenvalue weighted by atomic mass is 9.89. The van der Waals surface area contributed by atoms with Crippen molar-refractivity contribution in [3.05, 3.63) is 29.7 Å². The quantitative estimate of drug-likeness (QED) is 0.778. The van der Waals surface area contributed by atoms with E-state index in [1.54, 1.807) is 22.8 Å². The molecule has 0 saturated heterocycles. The molecule has 19 heavy (non-hydrogen) atoms. The Morgan fingerprint density at radius 2 is 2.16 bits per heavy atom. The summed E-state index contributed by atoms with van der Waals surface area (Å²) < 4.78 is 6.44. The van der Waals surface area contributed by atoms with Crippen LogP contribution in [0.1, 0.15) is 54.2 Å². The lowest BCUT2D eigenvalue weighted by molar-refractivity contribution is 0.0600. The van der Waals surface area contributed by atoms with Gasteiger partial charge in [-0.25, -0.2) is 14.3 Å². The fourth-order valence-corrected chi connectivity index (χ4v) is 2.68. The summed E-state index contributed by atoms with van der Waals surface area (Å²) in [7, 11) is 1.38. The Bertz CT molecular complexity index is 600. The molecule has 1 aliphatic carbocycles. The maximum atomic E-state index is 11.5. The molecule has 0 aromatic carbocycles. The third kappa shape index (κ3) is 2.32. The third-order valence-corrected chi connectivity index (χ3v) is 3.75. The van der Waals surface area contributed by atoms with E-state index < -0.39 is 0 Å². The number of ether oxygens (including phenoxy) is 1. The Labute approximate surface area is 111 Å². The summed E-state index contributed by atoms with van der Waals surface area (Å²) in [6.45, 7) is 0. The van der Waals surface area contributed by atoms with Gasteiger partial charge in [0.05, 0.1) is 12.7 Å². The molecule has 0 unspecified atom stereocenters. The highest BCUT2D eigenvalue weighted by atomic mass is 16.5. The highest BCUT2D eigenvalue weighted by Gasteiger charge is 2.20. The van der Waals surface area contributed by atoms with Gasteiger partial charge in [-0.05, 0) is 25.0 Å². The summed E-state index contributed by atoms with van der Waals surface area (Å²) in [4.78, 5) is 16.0. The second-order valence-corrected chi connectivity index (χ2v) is 5.01. The average Bonchev–Trinajstić information content (AvgIpc) is 2.90. The number of esters is 1. The highest BCUT2D eigenvalue weighted by Crippen LogP contribution is 2.30. The minimum Gasteiger partial charge on any atom is -0.465 e. The second-order valence-electron chi connectivity index (χ2n) is 5.01. The molecule has 0 radical (unpaired) electrons. The smallest absolute Gasteiger partial charge is 0.338 e. The van der Waals surface area contributed by atoms with Crippen LogP contribution in [0.25, 0.3) is 5.65 Å². The maximum Gasteiger partial charge on any atom is 0.338 e. The summed E-state index contributed by atoms with van der Waals surface area (Å²) in [5.41, 5.74) is 1.22. The Morgan fingerprint density at radius 3 is 2.89 bits per heavy atom. The number of hydrogen-bond donors (Lipinski definition) is 0. The van der Waals surface area contributed by atoms with Gasteiger partial charge in [-0.2, -0.15) is 5.10 Å². The van der Waals surface area contributed by atoms with Gasteiger partial charge in [-0.3, -0.25) is 0 Å². The van der Waals surface area contributed by atoms with Crippen LogP contribution in [0.3, 0.4) is 0 Å². The van der Waals surface area contributed by atoms with Crippen molar-refractivity contribution >= 4 is 11.6 Å². The molecule has 2 aromatic heterocycles. The Morgan fingerprint density at radius 1 is 1.37 bits per heavy atom. The highest BCUT2D eigenvalue weighted by molar-refractivity contribution is 5.90. The van der Waals surface area contributed by atoms with Gasteiger partial charge in [0.2, 0.25) is 0 Å². The molecule has 0 N–H and O–H groups in total. The Hall–Kier alpha value is -1.91. The number of carbonyl (C=O) groups excluding carboxylic acids is 1. The van der Waals surface area contributed by atoms with Crippen molar-refractivity contribution in [2.45, 2.75) is 38.0 Å². The van der Waals surface area contributed by atoms with Crippen molar-refractivity contribution in [1.29, 1.82) is 0 Å². The molecule has 3 rings (SSSR count). The minimum absolute atomic E-state index is 0.343. The van der Waals surface area contributed by atoms with Gasteiger partial charge in [0.25, 0.3) is 0 Å². The van der Waals surface area contributed by atoms with Crippen LogP contribution in [0.2, 0.25) is 0 Å². The van der Waals surface area contributed by atoms with Crippen LogP contribution < -0.4 is 0 Å². The van der Waals surface area contributed by atoms with E-state index in [1.807, 2.05) is 0 Å². The van der Waals surface area contributed by atoms with Gasteiger partial charge in [0, 0.05) is 12.1 Å². The van der Waals surface area contributed by atoms with Crippen LogP contribution in [-0.2, 0) is 4.74 Å². The van der Waals surface area contributed by atoms with E-state index in [9.17, 15) is 4.79 Å². The molecule has 0 amide bonds. The molecular weight excluding hydrogens is 242 g/mol. The number of pyridine rings is 1. The van der Waals surface area contributed by atoms with E-state index in [1.165, 1.54) is 39.2 Å². The molecular formula is C14H17N3O2.